The van der Waals surface area contributed by atoms with Crippen LogP contribution in [0.3, 0.4) is 0 Å². The molecule has 0 atom stereocenters. The maximum absolute atomic E-state index is 12.4. The highest BCUT2D eigenvalue weighted by molar-refractivity contribution is 5.84. The summed E-state index contributed by atoms with van der Waals surface area (Å²) in [5.41, 5.74) is 0.879. The quantitative estimate of drug-likeness (QED) is 0.571. The topological polar surface area (TPSA) is 116 Å². The minimum atomic E-state index is -0.271. The highest BCUT2D eigenvalue weighted by Gasteiger charge is 2.16. The van der Waals surface area contributed by atoms with Gasteiger partial charge >= 0.3 is 0 Å². The van der Waals surface area contributed by atoms with Crippen molar-refractivity contribution >= 4 is 17.8 Å². The van der Waals surface area contributed by atoms with Crippen molar-refractivity contribution in [2.24, 2.45) is 0 Å². The molecule has 1 aliphatic rings. The number of anilines is 1. The van der Waals surface area contributed by atoms with Crippen molar-refractivity contribution in [2.45, 2.75) is 33.1 Å². The van der Waals surface area contributed by atoms with Gasteiger partial charge in [-0.1, -0.05) is 6.92 Å². The van der Waals surface area contributed by atoms with E-state index in [0.717, 1.165) is 6.42 Å². The molecule has 2 heterocycles. The molecule has 1 aromatic heterocycles. The Kier molecular flexibility index (Phi) is 7.58. The zero-order valence-electron chi connectivity index (χ0n) is 15.4. The molecule has 1 aliphatic heterocycles. The Hall–Kier alpha value is -2.42. The lowest BCUT2D eigenvalue weighted by Crippen LogP contribution is -2.39. The molecule has 144 valence electrons. The zero-order valence-corrected chi connectivity index (χ0v) is 15.4. The lowest BCUT2D eigenvalue weighted by Gasteiger charge is -2.27. The fraction of sp³-hybridized carbons (Fsp3) is 0.647. The highest BCUT2D eigenvalue weighted by Crippen LogP contribution is 2.11. The number of morpholine rings is 1. The molecule has 26 heavy (non-hydrogen) atoms. The van der Waals surface area contributed by atoms with E-state index < -0.39 is 0 Å². The smallest absolute Gasteiger partial charge is 0.255 e. The van der Waals surface area contributed by atoms with Gasteiger partial charge in [-0.15, -0.1) is 0 Å². The van der Waals surface area contributed by atoms with Gasteiger partial charge in [0.15, 0.2) is 0 Å². The third kappa shape index (κ3) is 5.83. The van der Waals surface area contributed by atoms with Crippen molar-refractivity contribution in [3.8, 4) is 0 Å². The number of carbonyl (C=O) groups excluding carboxylic acids is 2. The van der Waals surface area contributed by atoms with Crippen molar-refractivity contribution in [1.29, 1.82) is 0 Å². The predicted molar refractivity (Wildman–Crippen MR) is 97.3 cm³/mol. The molecule has 0 aromatic carbocycles. The molecule has 0 saturated carbocycles. The van der Waals surface area contributed by atoms with E-state index in [1.807, 2.05) is 11.8 Å². The van der Waals surface area contributed by atoms with Gasteiger partial charge in [0.25, 0.3) is 5.56 Å². The Morgan fingerprint density at radius 3 is 2.62 bits per heavy atom. The predicted octanol–water partition coefficient (Wildman–Crippen LogP) is -0.510. The van der Waals surface area contributed by atoms with Gasteiger partial charge in [-0.05, 0) is 19.8 Å². The van der Waals surface area contributed by atoms with Crippen LogP contribution in [0.25, 0.3) is 0 Å². The average molecular weight is 365 g/mol. The zero-order chi connectivity index (χ0) is 18.9. The second-order valence-electron chi connectivity index (χ2n) is 6.18. The molecule has 1 saturated heterocycles. The molecule has 0 spiro atoms. The Morgan fingerprint density at radius 2 is 1.96 bits per heavy atom. The summed E-state index contributed by atoms with van der Waals surface area (Å²) in [5, 5.41) is 5.24. The number of aryl methyl sites for hydroxylation is 1. The maximum Gasteiger partial charge on any atom is 0.255 e. The van der Waals surface area contributed by atoms with Crippen LogP contribution < -0.4 is 21.1 Å². The van der Waals surface area contributed by atoms with Crippen LogP contribution in [0.5, 0.6) is 0 Å². The van der Waals surface area contributed by atoms with Gasteiger partial charge < -0.3 is 20.3 Å². The van der Waals surface area contributed by atoms with E-state index in [2.05, 4.69) is 20.6 Å². The van der Waals surface area contributed by atoms with Crippen LogP contribution in [0.1, 0.15) is 31.0 Å². The number of aromatic amines is 1. The number of nitrogens with one attached hydrogen (secondary N) is 3. The summed E-state index contributed by atoms with van der Waals surface area (Å²) in [6, 6.07) is 0. The van der Waals surface area contributed by atoms with Crippen molar-refractivity contribution in [2.75, 3.05) is 44.3 Å². The molecule has 1 aromatic rings. The van der Waals surface area contributed by atoms with E-state index in [1.54, 1.807) is 6.92 Å². The van der Waals surface area contributed by atoms with Crippen LogP contribution in [0.2, 0.25) is 0 Å². The highest BCUT2D eigenvalue weighted by atomic mass is 16.5. The fourth-order valence-corrected chi connectivity index (χ4v) is 2.65. The first-order valence-electron chi connectivity index (χ1n) is 8.97. The molecule has 0 aliphatic carbocycles. The van der Waals surface area contributed by atoms with Crippen LogP contribution in [-0.2, 0) is 20.7 Å². The normalized spacial score (nSPS) is 14.2. The van der Waals surface area contributed by atoms with Crippen LogP contribution in [0.15, 0.2) is 4.79 Å². The molecule has 0 unspecified atom stereocenters. The number of aromatic nitrogens is 2. The summed E-state index contributed by atoms with van der Waals surface area (Å²) in [5.74, 6) is 0.0510. The van der Waals surface area contributed by atoms with Crippen molar-refractivity contribution in [3.63, 3.8) is 0 Å². The minimum Gasteiger partial charge on any atom is -0.378 e. The first-order chi connectivity index (χ1) is 12.5. The third-order valence-corrected chi connectivity index (χ3v) is 4.14. The second kappa shape index (κ2) is 9.91. The summed E-state index contributed by atoms with van der Waals surface area (Å²) in [6.07, 6.45) is 1.25. The van der Waals surface area contributed by atoms with Crippen molar-refractivity contribution in [1.82, 2.24) is 20.6 Å². The third-order valence-electron chi connectivity index (χ3n) is 4.14. The van der Waals surface area contributed by atoms with E-state index in [9.17, 15) is 14.4 Å². The number of amides is 2. The monoisotopic (exact) mass is 365 g/mol. The summed E-state index contributed by atoms with van der Waals surface area (Å²) in [4.78, 5) is 44.9. The van der Waals surface area contributed by atoms with E-state index in [0.29, 0.717) is 50.1 Å². The Bertz CT molecular complexity index is 682. The van der Waals surface area contributed by atoms with Gasteiger partial charge in [0.1, 0.15) is 0 Å². The second-order valence-corrected chi connectivity index (χ2v) is 6.18. The molecular formula is C17H27N5O4. The molecule has 9 heteroatoms. The summed E-state index contributed by atoms with van der Waals surface area (Å²) in [7, 11) is 0. The number of rotatable bonds is 8. The largest absolute Gasteiger partial charge is 0.378 e. The number of nitrogens with zero attached hydrogens (tertiary/aromatic N) is 2. The number of H-pyrrole nitrogens is 1. The van der Waals surface area contributed by atoms with Gasteiger partial charge in [0.2, 0.25) is 17.8 Å². The van der Waals surface area contributed by atoms with E-state index in [-0.39, 0.29) is 36.8 Å². The Morgan fingerprint density at radius 1 is 1.23 bits per heavy atom. The summed E-state index contributed by atoms with van der Waals surface area (Å²) >= 11 is 0. The number of ether oxygens (including phenoxy) is 1. The van der Waals surface area contributed by atoms with Gasteiger partial charge in [0, 0.05) is 37.3 Å². The average Bonchev–Trinajstić information content (AvgIpc) is 2.64. The maximum atomic E-state index is 12.4. The molecule has 1 fully saturated rings. The standard InChI is InChI=1S/C17H27N5O4/c1-3-6-18-15(24)11-19-14(23)5-4-13-12(2)20-17(21-16(13)25)22-7-9-26-10-8-22/h3-11H2,1-2H3,(H,18,24)(H,19,23)(H,20,21,25). The van der Waals surface area contributed by atoms with Crippen LogP contribution >= 0.6 is 0 Å². The lowest BCUT2D eigenvalue weighted by molar-refractivity contribution is -0.126. The van der Waals surface area contributed by atoms with E-state index in [1.165, 1.54) is 0 Å². The first-order valence-corrected chi connectivity index (χ1v) is 8.97. The first kappa shape index (κ1) is 19.9. The number of carbonyl (C=O) groups is 2. The number of hydrogen-bond donors (Lipinski definition) is 3. The van der Waals surface area contributed by atoms with E-state index in [4.69, 9.17) is 4.74 Å². The summed E-state index contributed by atoms with van der Waals surface area (Å²) < 4.78 is 5.30. The van der Waals surface area contributed by atoms with Crippen LogP contribution in [-0.4, -0.2) is 61.2 Å². The van der Waals surface area contributed by atoms with Crippen LogP contribution in [0.4, 0.5) is 5.95 Å². The van der Waals surface area contributed by atoms with Gasteiger partial charge in [0.05, 0.1) is 19.8 Å². The fourth-order valence-electron chi connectivity index (χ4n) is 2.65. The lowest BCUT2D eigenvalue weighted by atomic mass is 10.1. The molecule has 3 N–H and O–H groups in total. The molecule has 9 nitrogen and oxygen atoms in total. The SMILES string of the molecule is CCCNC(=O)CNC(=O)CCc1c(C)nc(N2CCOCC2)[nH]c1=O. The molecular weight excluding hydrogens is 338 g/mol. The molecule has 2 amide bonds. The van der Waals surface area contributed by atoms with E-state index >= 15 is 0 Å². The molecule has 0 bridgehead atoms. The number of hydrogen-bond acceptors (Lipinski definition) is 6. The van der Waals surface area contributed by atoms with Crippen LogP contribution in [0, 0.1) is 6.92 Å². The van der Waals surface area contributed by atoms with Gasteiger partial charge in [-0.2, -0.15) is 0 Å². The Balaban J connectivity index is 1.88. The Labute approximate surface area is 152 Å². The summed E-state index contributed by atoms with van der Waals surface area (Å²) in [6.45, 7) is 6.84. The van der Waals surface area contributed by atoms with Crippen molar-refractivity contribution in [3.05, 3.63) is 21.6 Å². The molecule has 0 radical (unpaired) electrons. The van der Waals surface area contributed by atoms with Gasteiger partial charge in [-0.3, -0.25) is 19.4 Å². The van der Waals surface area contributed by atoms with Crippen molar-refractivity contribution < 1.29 is 14.3 Å². The minimum absolute atomic E-state index is 0.0532. The molecule has 2 rings (SSSR count). The van der Waals surface area contributed by atoms with Gasteiger partial charge in [-0.25, -0.2) is 4.98 Å².